The van der Waals surface area contributed by atoms with E-state index in [-0.39, 0.29) is 12.1 Å². The van der Waals surface area contributed by atoms with Gasteiger partial charge in [-0.15, -0.1) is 0 Å². The summed E-state index contributed by atoms with van der Waals surface area (Å²) in [5.41, 5.74) is 1.94. The quantitative estimate of drug-likeness (QED) is 0.543. The maximum absolute atomic E-state index is 13.0. The van der Waals surface area contributed by atoms with Gasteiger partial charge >= 0.3 is 0 Å². The summed E-state index contributed by atoms with van der Waals surface area (Å²) in [6.45, 7) is 5.78. The Morgan fingerprint density at radius 3 is 2.48 bits per heavy atom. The van der Waals surface area contributed by atoms with Crippen molar-refractivity contribution in [2.24, 2.45) is 0 Å². The van der Waals surface area contributed by atoms with E-state index in [0.717, 1.165) is 23.6 Å². The highest BCUT2D eigenvalue weighted by atomic mass is 32.2. The number of benzene rings is 1. The molecular formula is C20H28FN3O4S. The van der Waals surface area contributed by atoms with Crippen LogP contribution < -0.4 is 14.8 Å². The first-order chi connectivity index (χ1) is 13.8. The molecule has 1 heterocycles. The molecule has 1 unspecified atom stereocenters. The molecule has 160 valence electrons. The van der Waals surface area contributed by atoms with Crippen LogP contribution in [0.15, 0.2) is 42.6 Å². The lowest BCUT2D eigenvalue weighted by Crippen LogP contribution is -2.35. The summed E-state index contributed by atoms with van der Waals surface area (Å²) in [4.78, 5) is 3.91. The van der Waals surface area contributed by atoms with Gasteiger partial charge in [0.1, 0.15) is 11.9 Å². The summed E-state index contributed by atoms with van der Waals surface area (Å²) in [7, 11) is -3.26. The summed E-state index contributed by atoms with van der Waals surface area (Å²) in [6, 6.07) is 10.2. The smallest absolute Gasteiger partial charge is 0.213 e. The minimum atomic E-state index is -3.26. The van der Waals surface area contributed by atoms with Crippen molar-refractivity contribution in [1.82, 2.24) is 15.0 Å². The van der Waals surface area contributed by atoms with Gasteiger partial charge < -0.3 is 14.8 Å². The number of hydrogen-bond donors (Lipinski definition) is 2. The van der Waals surface area contributed by atoms with Crippen LogP contribution in [0.4, 0.5) is 4.39 Å². The van der Waals surface area contributed by atoms with Gasteiger partial charge in [0.05, 0.1) is 19.1 Å². The Morgan fingerprint density at radius 1 is 1.17 bits per heavy atom. The van der Waals surface area contributed by atoms with Crippen molar-refractivity contribution in [2.45, 2.75) is 32.5 Å². The molecule has 29 heavy (non-hydrogen) atoms. The molecule has 2 atom stereocenters. The molecule has 2 rings (SSSR count). The zero-order chi connectivity index (χ0) is 21.3. The molecule has 0 aliphatic rings. The van der Waals surface area contributed by atoms with Gasteiger partial charge in [-0.25, -0.2) is 22.5 Å². The predicted octanol–water partition coefficient (Wildman–Crippen LogP) is 2.40. The van der Waals surface area contributed by atoms with Gasteiger partial charge in [-0.3, -0.25) is 0 Å². The van der Waals surface area contributed by atoms with Crippen molar-refractivity contribution < 1.29 is 22.3 Å². The summed E-state index contributed by atoms with van der Waals surface area (Å²) in [6.07, 6.45) is 1.98. The van der Waals surface area contributed by atoms with E-state index in [1.165, 1.54) is 12.1 Å². The van der Waals surface area contributed by atoms with Gasteiger partial charge in [-0.05, 0) is 31.0 Å². The Kier molecular flexibility index (Phi) is 8.97. The average Bonchev–Trinajstić information content (AvgIpc) is 2.67. The zero-order valence-corrected chi connectivity index (χ0v) is 17.7. The fourth-order valence-corrected chi connectivity index (χ4v) is 3.46. The van der Waals surface area contributed by atoms with E-state index < -0.39 is 15.8 Å². The Labute approximate surface area is 171 Å². The van der Waals surface area contributed by atoms with E-state index in [9.17, 15) is 12.8 Å². The Bertz CT molecular complexity index is 845. The highest BCUT2D eigenvalue weighted by molar-refractivity contribution is 7.88. The Hall–Kier alpha value is -2.07. The van der Waals surface area contributed by atoms with Crippen molar-refractivity contribution in [3.8, 4) is 5.88 Å². The van der Waals surface area contributed by atoms with E-state index in [0.29, 0.717) is 32.2 Å². The molecule has 9 heteroatoms. The fourth-order valence-electron chi connectivity index (χ4n) is 2.68. The molecule has 0 aliphatic carbocycles. The molecule has 0 bridgehead atoms. The van der Waals surface area contributed by atoms with E-state index in [2.05, 4.69) is 15.0 Å². The number of nitrogens with one attached hydrogen (secondary N) is 2. The van der Waals surface area contributed by atoms with Crippen LogP contribution in [0.1, 0.15) is 31.0 Å². The van der Waals surface area contributed by atoms with E-state index in [1.54, 1.807) is 6.92 Å². The standard InChI is InChI=1S/C20H28FN3O4S/c1-4-27-14-19(28-20-10-9-18(21)12-23-20)13-22-11-16-5-7-17(8-6-16)15(2)24-29(3,25)26/h5-10,12,15,19,22,24H,4,11,13-14H2,1-3H3/t15-,19?/m1/s1. The van der Waals surface area contributed by atoms with Crippen LogP contribution in [0.2, 0.25) is 0 Å². The predicted molar refractivity (Wildman–Crippen MR) is 110 cm³/mol. The first kappa shape index (κ1) is 23.2. The molecule has 2 N–H and O–H groups in total. The number of halogens is 1. The lowest BCUT2D eigenvalue weighted by Gasteiger charge is -2.19. The van der Waals surface area contributed by atoms with Gasteiger partial charge in [-0.1, -0.05) is 24.3 Å². The summed E-state index contributed by atoms with van der Waals surface area (Å²) >= 11 is 0. The van der Waals surface area contributed by atoms with Crippen LogP contribution in [0.3, 0.4) is 0 Å². The molecule has 1 aromatic heterocycles. The van der Waals surface area contributed by atoms with Gasteiger partial charge in [0.2, 0.25) is 15.9 Å². The second-order valence-electron chi connectivity index (χ2n) is 6.70. The number of ether oxygens (including phenoxy) is 2. The van der Waals surface area contributed by atoms with Crippen LogP contribution in [0.5, 0.6) is 5.88 Å². The topological polar surface area (TPSA) is 89.6 Å². The third-order valence-corrected chi connectivity index (χ3v) is 4.85. The number of nitrogens with zero attached hydrogens (tertiary/aromatic N) is 1. The van der Waals surface area contributed by atoms with Gasteiger partial charge in [0.15, 0.2) is 0 Å². The number of pyridine rings is 1. The van der Waals surface area contributed by atoms with Crippen molar-refractivity contribution in [1.29, 1.82) is 0 Å². The molecule has 0 radical (unpaired) electrons. The third kappa shape index (κ3) is 8.86. The monoisotopic (exact) mass is 425 g/mol. The summed E-state index contributed by atoms with van der Waals surface area (Å²) in [5, 5.41) is 3.31. The van der Waals surface area contributed by atoms with E-state index in [1.807, 2.05) is 31.2 Å². The summed E-state index contributed by atoms with van der Waals surface area (Å²) < 4.78 is 49.5. The largest absolute Gasteiger partial charge is 0.471 e. The highest BCUT2D eigenvalue weighted by Crippen LogP contribution is 2.14. The first-order valence-corrected chi connectivity index (χ1v) is 11.3. The minimum absolute atomic E-state index is 0.272. The van der Waals surface area contributed by atoms with Crippen LogP contribution in [0, 0.1) is 5.82 Å². The lowest BCUT2D eigenvalue weighted by molar-refractivity contribution is 0.0539. The van der Waals surface area contributed by atoms with Crippen molar-refractivity contribution in [3.05, 3.63) is 59.5 Å². The maximum atomic E-state index is 13.0. The van der Waals surface area contributed by atoms with Gasteiger partial charge in [-0.2, -0.15) is 0 Å². The van der Waals surface area contributed by atoms with Crippen molar-refractivity contribution in [2.75, 3.05) is 26.0 Å². The molecule has 0 fully saturated rings. The molecule has 0 saturated carbocycles. The average molecular weight is 426 g/mol. The molecule has 0 saturated heterocycles. The second kappa shape index (κ2) is 11.2. The highest BCUT2D eigenvalue weighted by Gasteiger charge is 2.13. The second-order valence-corrected chi connectivity index (χ2v) is 8.48. The molecule has 0 aliphatic heterocycles. The molecule has 0 spiro atoms. The molecule has 7 nitrogen and oxygen atoms in total. The van der Waals surface area contributed by atoms with E-state index >= 15 is 0 Å². The number of rotatable bonds is 12. The minimum Gasteiger partial charge on any atom is -0.471 e. The molecule has 2 aromatic rings. The van der Waals surface area contributed by atoms with Gasteiger partial charge in [0.25, 0.3) is 0 Å². The van der Waals surface area contributed by atoms with Gasteiger partial charge in [0, 0.05) is 31.8 Å². The number of sulfonamides is 1. The number of aromatic nitrogens is 1. The van der Waals surface area contributed by atoms with Crippen molar-refractivity contribution in [3.63, 3.8) is 0 Å². The SMILES string of the molecule is CCOCC(CNCc1ccc([C@@H](C)NS(C)(=O)=O)cc1)Oc1ccc(F)cn1. The van der Waals surface area contributed by atoms with Crippen LogP contribution in [-0.2, 0) is 21.3 Å². The molecule has 1 aromatic carbocycles. The third-order valence-electron chi connectivity index (χ3n) is 4.07. The normalized spacial score (nSPS) is 13.8. The molecule has 0 amide bonds. The van der Waals surface area contributed by atoms with Crippen LogP contribution >= 0.6 is 0 Å². The van der Waals surface area contributed by atoms with E-state index in [4.69, 9.17) is 9.47 Å². The van der Waals surface area contributed by atoms with Crippen LogP contribution in [0.25, 0.3) is 0 Å². The fraction of sp³-hybridized carbons (Fsp3) is 0.450. The Morgan fingerprint density at radius 2 is 1.90 bits per heavy atom. The number of hydrogen-bond acceptors (Lipinski definition) is 6. The Balaban J connectivity index is 1.86. The lowest BCUT2D eigenvalue weighted by atomic mass is 10.1. The molecular weight excluding hydrogens is 397 g/mol. The zero-order valence-electron chi connectivity index (χ0n) is 16.9. The summed E-state index contributed by atoms with van der Waals surface area (Å²) in [5.74, 6) is -0.0732. The van der Waals surface area contributed by atoms with Crippen LogP contribution in [-0.4, -0.2) is 45.5 Å². The maximum Gasteiger partial charge on any atom is 0.213 e. The van der Waals surface area contributed by atoms with Crippen molar-refractivity contribution >= 4 is 10.0 Å². The first-order valence-electron chi connectivity index (χ1n) is 9.39.